The number of hydrogen-bond donors (Lipinski definition) is 0. The SMILES string of the molecule is CN(C)Cc1ccc2n(c1=O)C[C@H]1C[C@@H]2CN(C(=O)c2ccc(C(F)(F)F)nc2)C1. The van der Waals surface area contributed by atoms with Crippen molar-refractivity contribution in [2.24, 2.45) is 5.92 Å². The second kappa shape index (κ2) is 7.54. The summed E-state index contributed by atoms with van der Waals surface area (Å²) in [5.41, 5.74) is 0.801. The van der Waals surface area contributed by atoms with Gasteiger partial charge in [-0.15, -0.1) is 0 Å². The highest BCUT2D eigenvalue weighted by atomic mass is 19.4. The van der Waals surface area contributed by atoms with Gasteiger partial charge in [-0.3, -0.25) is 14.6 Å². The first-order valence-corrected chi connectivity index (χ1v) is 9.83. The highest BCUT2D eigenvalue weighted by Crippen LogP contribution is 2.36. The maximum Gasteiger partial charge on any atom is 0.433 e. The van der Waals surface area contributed by atoms with E-state index >= 15 is 0 Å². The molecule has 2 aromatic rings. The van der Waals surface area contributed by atoms with Crippen LogP contribution in [-0.2, 0) is 19.3 Å². The number of nitrogens with zero attached hydrogens (tertiary/aromatic N) is 4. The molecule has 2 bridgehead atoms. The van der Waals surface area contributed by atoms with Crippen LogP contribution in [0, 0.1) is 5.92 Å². The van der Waals surface area contributed by atoms with Crippen molar-refractivity contribution in [2.45, 2.75) is 31.6 Å². The molecule has 0 aliphatic carbocycles. The third-order valence-corrected chi connectivity index (χ3v) is 5.76. The van der Waals surface area contributed by atoms with Gasteiger partial charge in [0.05, 0.1) is 5.56 Å². The zero-order valence-electron chi connectivity index (χ0n) is 16.8. The van der Waals surface area contributed by atoms with E-state index in [1.807, 2.05) is 35.7 Å². The maximum atomic E-state index is 12.9. The first-order chi connectivity index (χ1) is 14.1. The standard InChI is InChI=1S/C21H23F3N4O2/c1-26(2)11-15-3-5-17-16-7-13(10-28(17)20(15)30)9-27(12-16)19(29)14-4-6-18(25-8-14)21(22,23)24/h3-6,8,13,16H,7,9-12H2,1-2H3/t13-,16+/m0/s1. The van der Waals surface area contributed by atoms with Crippen molar-refractivity contribution in [3.8, 4) is 0 Å². The second-order valence-electron chi connectivity index (χ2n) is 8.38. The minimum atomic E-state index is -4.54. The molecule has 1 saturated heterocycles. The number of halogens is 3. The van der Waals surface area contributed by atoms with E-state index in [9.17, 15) is 22.8 Å². The largest absolute Gasteiger partial charge is 0.433 e. The van der Waals surface area contributed by atoms with Crippen molar-refractivity contribution in [1.82, 2.24) is 19.4 Å². The Morgan fingerprint density at radius 1 is 1.17 bits per heavy atom. The van der Waals surface area contributed by atoms with E-state index in [2.05, 4.69) is 4.98 Å². The molecule has 6 nitrogen and oxygen atoms in total. The minimum absolute atomic E-state index is 0.0163. The molecule has 0 unspecified atom stereocenters. The lowest BCUT2D eigenvalue weighted by molar-refractivity contribution is -0.141. The number of fused-ring (bicyclic) bond motifs is 4. The van der Waals surface area contributed by atoms with Crippen LogP contribution in [0.25, 0.3) is 0 Å². The summed E-state index contributed by atoms with van der Waals surface area (Å²) in [6.45, 7) is 2.02. The fourth-order valence-electron chi connectivity index (χ4n) is 4.49. The smallest absolute Gasteiger partial charge is 0.338 e. The number of likely N-dealkylation sites (tertiary alicyclic amines) is 1. The topological polar surface area (TPSA) is 58.4 Å². The van der Waals surface area contributed by atoms with Crippen molar-refractivity contribution in [2.75, 3.05) is 27.2 Å². The van der Waals surface area contributed by atoms with Crippen LogP contribution in [0.1, 0.15) is 39.6 Å². The summed E-state index contributed by atoms with van der Waals surface area (Å²) in [4.78, 5) is 32.8. The molecule has 160 valence electrons. The number of pyridine rings is 2. The molecule has 9 heteroatoms. The van der Waals surface area contributed by atoms with Gasteiger partial charge >= 0.3 is 6.18 Å². The van der Waals surface area contributed by atoms with Gasteiger partial charge < -0.3 is 14.4 Å². The lowest BCUT2D eigenvalue weighted by Crippen LogP contribution is -2.49. The third kappa shape index (κ3) is 3.86. The summed E-state index contributed by atoms with van der Waals surface area (Å²) in [5, 5.41) is 0. The van der Waals surface area contributed by atoms with E-state index in [1.54, 1.807) is 4.90 Å². The molecular weight excluding hydrogens is 397 g/mol. The molecule has 0 radical (unpaired) electrons. The van der Waals surface area contributed by atoms with Gasteiger partial charge in [-0.25, -0.2) is 0 Å². The summed E-state index contributed by atoms with van der Waals surface area (Å²) < 4.78 is 40.0. The van der Waals surface area contributed by atoms with E-state index in [4.69, 9.17) is 0 Å². The van der Waals surface area contributed by atoms with Crippen molar-refractivity contribution in [3.05, 3.63) is 63.3 Å². The summed E-state index contributed by atoms with van der Waals surface area (Å²) in [5.74, 6) is -0.161. The average molecular weight is 420 g/mol. The molecule has 0 aromatic carbocycles. The Morgan fingerprint density at radius 2 is 1.93 bits per heavy atom. The quantitative estimate of drug-likeness (QED) is 0.766. The number of amides is 1. The zero-order chi connectivity index (χ0) is 21.6. The summed E-state index contributed by atoms with van der Waals surface area (Å²) in [6, 6.07) is 5.83. The number of alkyl halides is 3. The van der Waals surface area contributed by atoms with Gasteiger partial charge in [0.2, 0.25) is 0 Å². The van der Waals surface area contributed by atoms with E-state index in [0.29, 0.717) is 26.2 Å². The highest BCUT2D eigenvalue weighted by Gasteiger charge is 2.37. The Kier molecular flexibility index (Phi) is 5.17. The van der Waals surface area contributed by atoms with Crippen LogP contribution in [0.3, 0.4) is 0 Å². The van der Waals surface area contributed by atoms with Crippen LogP contribution in [0.5, 0.6) is 0 Å². The molecule has 4 heterocycles. The van der Waals surface area contributed by atoms with Crippen molar-refractivity contribution < 1.29 is 18.0 Å². The summed E-state index contributed by atoms with van der Waals surface area (Å²) >= 11 is 0. The van der Waals surface area contributed by atoms with Gasteiger partial charge in [-0.05, 0) is 44.6 Å². The summed E-state index contributed by atoms with van der Waals surface area (Å²) in [7, 11) is 3.83. The maximum absolute atomic E-state index is 12.9. The Hall–Kier alpha value is -2.68. The predicted octanol–water partition coefficient (Wildman–Crippen LogP) is 2.58. The Bertz CT molecular complexity index is 1010. The van der Waals surface area contributed by atoms with Crippen LogP contribution in [0.2, 0.25) is 0 Å². The third-order valence-electron chi connectivity index (χ3n) is 5.76. The van der Waals surface area contributed by atoms with Crippen LogP contribution in [0.15, 0.2) is 35.3 Å². The molecule has 1 fully saturated rings. The number of carbonyl (C=O) groups is 1. The molecule has 0 N–H and O–H groups in total. The normalized spacial score (nSPS) is 20.9. The Balaban J connectivity index is 1.56. The van der Waals surface area contributed by atoms with Crippen LogP contribution in [0.4, 0.5) is 13.2 Å². The number of hydrogen-bond acceptors (Lipinski definition) is 4. The minimum Gasteiger partial charge on any atom is -0.338 e. The van der Waals surface area contributed by atoms with E-state index in [0.717, 1.165) is 29.9 Å². The Labute approximate surface area is 171 Å². The highest BCUT2D eigenvalue weighted by molar-refractivity contribution is 5.94. The van der Waals surface area contributed by atoms with Crippen molar-refractivity contribution in [1.29, 1.82) is 0 Å². The average Bonchev–Trinajstić information content (AvgIpc) is 2.69. The molecule has 4 rings (SSSR count). The lowest BCUT2D eigenvalue weighted by Gasteiger charge is -2.43. The van der Waals surface area contributed by atoms with Gasteiger partial charge in [0.15, 0.2) is 0 Å². The first-order valence-electron chi connectivity index (χ1n) is 9.83. The molecule has 0 spiro atoms. The lowest BCUT2D eigenvalue weighted by atomic mass is 9.82. The molecule has 2 aliphatic rings. The molecule has 1 amide bonds. The van der Waals surface area contributed by atoms with Crippen LogP contribution >= 0.6 is 0 Å². The molecule has 2 aromatic heterocycles. The first kappa shape index (κ1) is 20.6. The van der Waals surface area contributed by atoms with E-state index < -0.39 is 11.9 Å². The number of carbonyl (C=O) groups excluding carboxylic acids is 1. The summed E-state index contributed by atoms with van der Waals surface area (Å²) in [6.07, 6.45) is -2.66. The van der Waals surface area contributed by atoms with E-state index in [1.165, 1.54) is 6.07 Å². The van der Waals surface area contributed by atoms with E-state index in [-0.39, 0.29) is 28.9 Å². The molecule has 30 heavy (non-hydrogen) atoms. The van der Waals surface area contributed by atoms with Crippen molar-refractivity contribution in [3.63, 3.8) is 0 Å². The molecule has 0 saturated carbocycles. The van der Waals surface area contributed by atoms with Gasteiger partial charge in [-0.2, -0.15) is 13.2 Å². The fraction of sp³-hybridized carbons (Fsp3) is 0.476. The monoisotopic (exact) mass is 420 g/mol. The van der Waals surface area contributed by atoms with Gasteiger partial charge in [-0.1, -0.05) is 6.07 Å². The molecule has 2 atom stereocenters. The van der Waals surface area contributed by atoms with Gasteiger partial charge in [0.25, 0.3) is 11.5 Å². The van der Waals surface area contributed by atoms with Gasteiger partial charge in [0.1, 0.15) is 5.69 Å². The van der Waals surface area contributed by atoms with Crippen molar-refractivity contribution >= 4 is 5.91 Å². The van der Waals surface area contributed by atoms with Crippen LogP contribution in [-0.4, -0.2) is 52.4 Å². The molecule has 2 aliphatic heterocycles. The zero-order valence-corrected chi connectivity index (χ0v) is 16.8. The Morgan fingerprint density at radius 3 is 2.57 bits per heavy atom. The number of aromatic nitrogens is 2. The van der Waals surface area contributed by atoms with Gasteiger partial charge in [0, 0.05) is 49.6 Å². The number of rotatable bonds is 3. The second-order valence-corrected chi connectivity index (χ2v) is 8.38. The molecular formula is C21H23F3N4O2. The fourth-order valence-corrected chi connectivity index (χ4v) is 4.49. The van der Waals surface area contributed by atoms with Crippen LogP contribution < -0.4 is 5.56 Å². The number of piperidine rings is 1. The predicted molar refractivity (Wildman–Crippen MR) is 104 cm³/mol.